The number of rotatable bonds is 6. The Labute approximate surface area is 183 Å². The third-order valence-corrected chi connectivity index (χ3v) is 7.22. The molecular weight excluding hydrogens is 358 g/mol. The van der Waals surface area contributed by atoms with Crippen LogP contribution in [0.3, 0.4) is 0 Å². The Bertz CT molecular complexity index is 994. The van der Waals surface area contributed by atoms with Crippen molar-refractivity contribution in [3.8, 4) is 0 Å². The molecule has 2 heteroatoms. The van der Waals surface area contributed by atoms with Crippen LogP contribution in [-0.2, 0) is 0 Å². The van der Waals surface area contributed by atoms with Crippen molar-refractivity contribution in [2.24, 2.45) is 0 Å². The second-order valence-corrected chi connectivity index (χ2v) is 10.8. The van der Waals surface area contributed by atoms with Crippen LogP contribution < -0.4 is 10.9 Å². The highest BCUT2D eigenvalue weighted by atomic mass is 14.1. The van der Waals surface area contributed by atoms with Gasteiger partial charge in [-0.15, -0.1) is 0 Å². The van der Waals surface area contributed by atoms with E-state index < -0.39 is 0 Å². The Balaban J connectivity index is 1.96. The molecule has 0 amide bonds. The minimum Gasteiger partial charge on any atom is -0.0783 e. The third-order valence-electron chi connectivity index (χ3n) is 7.22. The van der Waals surface area contributed by atoms with Crippen molar-refractivity contribution >= 4 is 56.7 Å². The zero-order valence-corrected chi connectivity index (χ0v) is 20.1. The summed E-state index contributed by atoms with van der Waals surface area (Å²) in [4.78, 5) is 0. The maximum absolute atomic E-state index is 2.46. The molecule has 0 radical (unpaired) electrons. The molecule has 4 rings (SSSR count). The van der Waals surface area contributed by atoms with E-state index in [1.165, 1.54) is 43.2 Å². The summed E-state index contributed by atoms with van der Waals surface area (Å²) in [7, 11) is 0. The van der Waals surface area contributed by atoms with Crippen LogP contribution in [0.4, 0.5) is 0 Å². The normalized spacial score (nSPS) is 12.5. The standard InChI is InChI=1S/C28H36B2/c1-17(2)29(18(3)4)25-13-21-9-11-23-15-26(30(19(5)6)20(7)8)16-24-12-10-22(14-25)27(21)28(23)24/h9-20H,1-8H3. The second kappa shape index (κ2) is 7.95. The van der Waals surface area contributed by atoms with Gasteiger partial charge in [0, 0.05) is 0 Å². The molecule has 0 aromatic heterocycles. The van der Waals surface area contributed by atoms with Crippen molar-refractivity contribution < 1.29 is 0 Å². The fourth-order valence-corrected chi connectivity index (χ4v) is 6.35. The molecular formula is C28H36B2. The Morgan fingerprint density at radius 1 is 0.433 bits per heavy atom. The average molecular weight is 394 g/mol. The van der Waals surface area contributed by atoms with Crippen LogP contribution >= 0.6 is 0 Å². The zero-order chi connectivity index (χ0) is 21.7. The molecule has 0 heterocycles. The fraction of sp³-hybridized carbons (Fsp3) is 0.429. The first-order valence-corrected chi connectivity index (χ1v) is 11.9. The maximum atomic E-state index is 2.46. The van der Waals surface area contributed by atoms with Crippen molar-refractivity contribution in [2.75, 3.05) is 0 Å². The highest BCUT2D eigenvalue weighted by Gasteiger charge is 2.27. The van der Waals surface area contributed by atoms with E-state index in [4.69, 9.17) is 0 Å². The van der Waals surface area contributed by atoms with Crippen molar-refractivity contribution in [3.05, 3.63) is 48.5 Å². The first-order chi connectivity index (χ1) is 14.2. The molecule has 0 spiro atoms. The highest BCUT2D eigenvalue weighted by Crippen LogP contribution is 2.35. The molecule has 0 unspecified atom stereocenters. The van der Waals surface area contributed by atoms with Gasteiger partial charge in [-0.1, -0.05) is 138 Å². The van der Waals surface area contributed by atoms with Gasteiger partial charge in [-0.25, -0.2) is 0 Å². The SMILES string of the molecule is CC(C)B(c1cc2ccc3cc(B(C(C)C)C(C)C)cc4ccc(c1)c2c34)C(C)C. The molecule has 0 bridgehead atoms. The lowest BCUT2D eigenvalue weighted by Crippen LogP contribution is -2.36. The van der Waals surface area contributed by atoms with E-state index in [2.05, 4.69) is 104 Å². The second-order valence-electron chi connectivity index (χ2n) is 10.8. The first kappa shape index (κ1) is 21.3. The molecule has 0 saturated carbocycles. The summed E-state index contributed by atoms with van der Waals surface area (Å²) in [6.45, 7) is 20.0. The lowest BCUT2D eigenvalue weighted by Gasteiger charge is -2.24. The molecule has 4 aromatic rings. The van der Waals surface area contributed by atoms with Gasteiger partial charge in [0.2, 0.25) is 0 Å². The van der Waals surface area contributed by atoms with Crippen LogP contribution in [-0.4, -0.2) is 13.4 Å². The minimum atomic E-state index is 0.594. The third kappa shape index (κ3) is 3.53. The van der Waals surface area contributed by atoms with E-state index in [1.807, 2.05) is 0 Å². The van der Waals surface area contributed by atoms with Gasteiger partial charge in [-0.3, -0.25) is 0 Å². The zero-order valence-electron chi connectivity index (χ0n) is 20.1. The van der Waals surface area contributed by atoms with Crippen molar-refractivity contribution in [2.45, 2.75) is 78.7 Å². The summed E-state index contributed by atoms with van der Waals surface area (Å²) in [5.41, 5.74) is 2.98. The summed E-state index contributed by atoms with van der Waals surface area (Å²) < 4.78 is 0. The molecule has 0 nitrogen and oxygen atoms in total. The molecule has 0 aliphatic carbocycles. The quantitative estimate of drug-likeness (QED) is 0.233. The largest absolute Gasteiger partial charge is 0.181 e. The van der Waals surface area contributed by atoms with Gasteiger partial charge < -0.3 is 0 Å². The van der Waals surface area contributed by atoms with Crippen LogP contribution in [0.25, 0.3) is 32.3 Å². The van der Waals surface area contributed by atoms with Crippen molar-refractivity contribution in [1.82, 2.24) is 0 Å². The topological polar surface area (TPSA) is 0 Å². The van der Waals surface area contributed by atoms with Crippen molar-refractivity contribution in [1.29, 1.82) is 0 Å². The molecule has 0 aliphatic heterocycles. The lowest BCUT2D eigenvalue weighted by atomic mass is 9.32. The van der Waals surface area contributed by atoms with Gasteiger partial charge in [-0.05, 0) is 32.3 Å². The minimum absolute atomic E-state index is 0.594. The summed E-state index contributed by atoms with van der Waals surface area (Å²) in [6, 6.07) is 19.3. The van der Waals surface area contributed by atoms with Gasteiger partial charge in [0.25, 0.3) is 0 Å². The van der Waals surface area contributed by atoms with Gasteiger partial charge >= 0.3 is 0 Å². The Kier molecular flexibility index (Phi) is 5.64. The fourth-order valence-electron chi connectivity index (χ4n) is 6.35. The van der Waals surface area contributed by atoms with Crippen LogP contribution in [0.2, 0.25) is 23.3 Å². The van der Waals surface area contributed by atoms with Crippen LogP contribution in [0.1, 0.15) is 55.4 Å². The summed E-state index contributed by atoms with van der Waals surface area (Å²) in [6.07, 6.45) is 0. The number of hydrogen-bond acceptors (Lipinski definition) is 0. The van der Waals surface area contributed by atoms with E-state index in [0.29, 0.717) is 36.7 Å². The summed E-state index contributed by atoms with van der Waals surface area (Å²) in [5.74, 6) is 2.57. The average Bonchev–Trinajstić information content (AvgIpc) is 2.64. The molecule has 0 atom stereocenters. The lowest BCUT2D eigenvalue weighted by molar-refractivity contribution is 0.951. The molecule has 154 valence electrons. The van der Waals surface area contributed by atoms with Gasteiger partial charge in [-0.2, -0.15) is 0 Å². The van der Waals surface area contributed by atoms with Gasteiger partial charge in [0.1, 0.15) is 0 Å². The molecule has 0 N–H and O–H groups in total. The molecule has 30 heavy (non-hydrogen) atoms. The molecule has 4 aromatic carbocycles. The van der Waals surface area contributed by atoms with Crippen LogP contribution in [0.15, 0.2) is 48.5 Å². The van der Waals surface area contributed by atoms with E-state index in [0.717, 1.165) is 0 Å². The predicted molar refractivity (Wildman–Crippen MR) is 141 cm³/mol. The van der Waals surface area contributed by atoms with Crippen LogP contribution in [0.5, 0.6) is 0 Å². The smallest absolute Gasteiger partial charge is 0.0783 e. The molecule has 0 fully saturated rings. The first-order valence-electron chi connectivity index (χ1n) is 11.9. The molecule has 0 saturated heterocycles. The Morgan fingerprint density at radius 2 is 0.667 bits per heavy atom. The van der Waals surface area contributed by atoms with E-state index in [-0.39, 0.29) is 0 Å². The summed E-state index contributed by atoms with van der Waals surface area (Å²) in [5, 5.41) is 8.45. The van der Waals surface area contributed by atoms with Crippen molar-refractivity contribution in [3.63, 3.8) is 0 Å². The molecule has 0 aliphatic rings. The predicted octanol–water partition coefficient (Wildman–Crippen LogP) is 7.63. The van der Waals surface area contributed by atoms with Gasteiger partial charge in [0.15, 0.2) is 13.4 Å². The van der Waals surface area contributed by atoms with Gasteiger partial charge in [0.05, 0.1) is 0 Å². The number of hydrogen-bond donors (Lipinski definition) is 0. The monoisotopic (exact) mass is 394 g/mol. The van der Waals surface area contributed by atoms with Crippen LogP contribution in [0, 0.1) is 0 Å². The summed E-state index contributed by atoms with van der Waals surface area (Å²) >= 11 is 0. The van der Waals surface area contributed by atoms with E-state index in [9.17, 15) is 0 Å². The van der Waals surface area contributed by atoms with E-state index in [1.54, 1.807) is 0 Å². The highest BCUT2D eigenvalue weighted by molar-refractivity contribution is 6.76. The van der Waals surface area contributed by atoms with E-state index >= 15 is 0 Å². The maximum Gasteiger partial charge on any atom is 0.181 e. The Morgan fingerprint density at radius 3 is 0.867 bits per heavy atom. The number of benzene rings is 4. The Hall–Kier alpha value is -1.95.